The molecule has 1 amide bonds. The van der Waals surface area contributed by atoms with Gasteiger partial charge in [-0.2, -0.15) is 0 Å². The van der Waals surface area contributed by atoms with Crippen molar-refractivity contribution in [1.82, 2.24) is 20.1 Å². The molecule has 144 valence electrons. The van der Waals surface area contributed by atoms with Crippen LogP contribution in [0, 0.1) is 0 Å². The van der Waals surface area contributed by atoms with Gasteiger partial charge in [-0.25, -0.2) is 9.67 Å². The molecule has 1 aromatic heterocycles. The fourth-order valence-electron chi connectivity index (χ4n) is 2.81. The molecule has 0 saturated carbocycles. The number of nitrogens with zero attached hydrogens (tertiary/aromatic N) is 3. The summed E-state index contributed by atoms with van der Waals surface area (Å²) in [6.07, 6.45) is 0. The molecule has 0 aliphatic rings. The van der Waals surface area contributed by atoms with Crippen LogP contribution in [0.4, 0.5) is 0 Å². The Labute approximate surface area is 185 Å². The summed E-state index contributed by atoms with van der Waals surface area (Å²) in [5.74, 6) is 0.412. The predicted molar refractivity (Wildman–Crippen MR) is 120 cm³/mol. The molecular formula is C22H16Br2N4O. The number of nitrogens with one attached hydrogen (secondary N) is 1. The minimum absolute atomic E-state index is 0.127. The van der Waals surface area contributed by atoms with Crippen LogP contribution in [0.5, 0.6) is 0 Å². The maximum Gasteiger partial charge on any atom is 0.291 e. The summed E-state index contributed by atoms with van der Waals surface area (Å²) in [4.78, 5) is 17.2. The minimum atomic E-state index is -0.317. The van der Waals surface area contributed by atoms with Gasteiger partial charge in [0.25, 0.3) is 5.91 Å². The fourth-order valence-corrected chi connectivity index (χ4v) is 3.34. The van der Waals surface area contributed by atoms with E-state index in [0.29, 0.717) is 12.4 Å². The van der Waals surface area contributed by atoms with Crippen LogP contribution in [0.2, 0.25) is 0 Å². The Morgan fingerprint density at radius 1 is 0.862 bits per heavy atom. The van der Waals surface area contributed by atoms with Crippen LogP contribution in [-0.2, 0) is 6.54 Å². The second kappa shape index (κ2) is 8.71. The summed E-state index contributed by atoms with van der Waals surface area (Å²) in [5.41, 5.74) is 2.70. The van der Waals surface area contributed by atoms with Crippen LogP contribution in [0.25, 0.3) is 17.1 Å². The smallest absolute Gasteiger partial charge is 0.291 e. The largest absolute Gasteiger partial charge is 0.345 e. The van der Waals surface area contributed by atoms with Crippen molar-refractivity contribution in [2.45, 2.75) is 6.54 Å². The molecule has 0 atom stereocenters. The van der Waals surface area contributed by atoms with E-state index in [1.54, 1.807) is 4.68 Å². The van der Waals surface area contributed by atoms with Crippen molar-refractivity contribution in [3.8, 4) is 17.1 Å². The van der Waals surface area contributed by atoms with Gasteiger partial charge in [-0.1, -0.05) is 74.3 Å². The molecule has 0 bridgehead atoms. The molecule has 0 aliphatic carbocycles. The molecular weight excluding hydrogens is 496 g/mol. The van der Waals surface area contributed by atoms with E-state index in [2.05, 4.69) is 47.3 Å². The third-order valence-electron chi connectivity index (χ3n) is 4.28. The highest BCUT2D eigenvalue weighted by molar-refractivity contribution is 9.10. The number of carbonyl (C=O) groups is 1. The highest BCUT2D eigenvalue weighted by Crippen LogP contribution is 2.24. The average Bonchev–Trinajstić information content (AvgIpc) is 3.19. The van der Waals surface area contributed by atoms with Gasteiger partial charge >= 0.3 is 0 Å². The van der Waals surface area contributed by atoms with E-state index in [0.717, 1.165) is 25.8 Å². The van der Waals surface area contributed by atoms with Crippen LogP contribution in [0.3, 0.4) is 0 Å². The van der Waals surface area contributed by atoms with Gasteiger partial charge in [0, 0.05) is 21.1 Å². The fraction of sp³-hybridized carbons (Fsp3) is 0.0455. The molecule has 4 aromatic rings. The molecule has 1 heterocycles. The van der Waals surface area contributed by atoms with E-state index in [9.17, 15) is 4.79 Å². The van der Waals surface area contributed by atoms with Crippen molar-refractivity contribution in [2.75, 3.05) is 0 Å². The molecule has 0 spiro atoms. The number of hydrogen-bond donors (Lipinski definition) is 1. The first kappa shape index (κ1) is 19.5. The summed E-state index contributed by atoms with van der Waals surface area (Å²) >= 11 is 6.89. The normalized spacial score (nSPS) is 10.7. The lowest BCUT2D eigenvalue weighted by Crippen LogP contribution is -2.24. The third-order valence-corrected chi connectivity index (χ3v) is 5.34. The highest BCUT2D eigenvalue weighted by Gasteiger charge is 2.18. The standard InChI is InChI=1S/C22H16Br2N4O/c23-17-8-6-16(7-9-17)21-26-20(22(29)25-14-15-4-2-1-3-5-15)27-28(21)19-12-10-18(24)11-13-19/h1-13H,14H2,(H,25,29). The Bertz CT molecular complexity index is 1060. The molecule has 7 heteroatoms. The summed E-state index contributed by atoms with van der Waals surface area (Å²) < 4.78 is 3.62. The zero-order chi connectivity index (χ0) is 20.2. The van der Waals surface area contributed by atoms with E-state index in [4.69, 9.17) is 0 Å². The molecule has 0 unspecified atom stereocenters. The van der Waals surface area contributed by atoms with E-state index >= 15 is 0 Å². The number of aromatic nitrogens is 3. The van der Waals surface area contributed by atoms with Gasteiger partial charge in [0.05, 0.1) is 5.69 Å². The average molecular weight is 512 g/mol. The topological polar surface area (TPSA) is 59.8 Å². The monoisotopic (exact) mass is 510 g/mol. The van der Waals surface area contributed by atoms with Crippen LogP contribution in [0.1, 0.15) is 16.2 Å². The van der Waals surface area contributed by atoms with Gasteiger partial charge in [0.2, 0.25) is 5.82 Å². The number of halogens is 2. The Morgan fingerprint density at radius 3 is 2.14 bits per heavy atom. The quantitative estimate of drug-likeness (QED) is 0.391. The molecule has 0 fully saturated rings. The van der Waals surface area contributed by atoms with Gasteiger partial charge in [-0.15, -0.1) is 5.10 Å². The molecule has 0 radical (unpaired) electrons. The summed E-state index contributed by atoms with van der Waals surface area (Å²) in [7, 11) is 0. The number of hydrogen-bond acceptors (Lipinski definition) is 3. The zero-order valence-corrected chi connectivity index (χ0v) is 18.4. The van der Waals surface area contributed by atoms with Gasteiger partial charge in [0.1, 0.15) is 0 Å². The Hall–Kier alpha value is -2.77. The van der Waals surface area contributed by atoms with Gasteiger partial charge in [-0.3, -0.25) is 4.79 Å². The minimum Gasteiger partial charge on any atom is -0.345 e. The number of amides is 1. The maximum absolute atomic E-state index is 12.7. The molecule has 1 N–H and O–H groups in total. The number of carbonyl (C=O) groups excluding carboxylic acids is 1. The lowest BCUT2D eigenvalue weighted by Gasteiger charge is -2.06. The Morgan fingerprint density at radius 2 is 1.48 bits per heavy atom. The van der Waals surface area contributed by atoms with Gasteiger partial charge in [-0.05, 0) is 42.0 Å². The molecule has 0 aliphatic heterocycles. The maximum atomic E-state index is 12.7. The van der Waals surface area contributed by atoms with Crippen molar-refractivity contribution in [2.24, 2.45) is 0 Å². The van der Waals surface area contributed by atoms with E-state index < -0.39 is 0 Å². The molecule has 0 saturated heterocycles. The Kier molecular flexibility index (Phi) is 5.87. The number of rotatable bonds is 5. The lowest BCUT2D eigenvalue weighted by atomic mass is 10.2. The Balaban J connectivity index is 1.68. The van der Waals surface area contributed by atoms with Crippen molar-refractivity contribution < 1.29 is 4.79 Å². The van der Waals surface area contributed by atoms with E-state index in [1.165, 1.54) is 0 Å². The predicted octanol–water partition coefficient (Wildman–Crippen LogP) is 5.39. The van der Waals surface area contributed by atoms with Crippen molar-refractivity contribution >= 4 is 37.8 Å². The van der Waals surface area contributed by atoms with E-state index in [-0.39, 0.29) is 11.7 Å². The lowest BCUT2D eigenvalue weighted by molar-refractivity contribution is 0.0940. The van der Waals surface area contributed by atoms with Crippen LogP contribution < -0.4 is 5.32 Å². The SMILES string of the molecule is O=C(NCc1ccccc1)c1nc(-c2ccc(Br)cc2)n(-c2ccc(Br)cc2)n1. The van der Waals surface area contributed by atoms with Crippen molar-refractivity contribution in [3.63, 3.8) is 0 Å². The molecule has 4 rings (SSSR count). The molecule has 29 heavy (non-hydrogen) atoms. The molecule has 3 aromatic carbocycles. The first-order chi connectivity index (χ1) is 14.1. The first-order valence-corrected chi connectivity index (χ1v) is 10.5. The van der Waals surface area contributed by atoms with Gasteiger partial charge < -0.3 is 5.32 Å². The van der Waals surface area contributed by atoms with Crippen LogP contribution in [-0.4, -0.2) is 20.7 Å². The second-order valence-corrected chi connectivity index (χ2v) is 8.15. The first-order valence-electron chi connectivity index (χ1n) is 8.91. The zero-order valence-electron chi connectivity index (χ0n) is 15.2. The number of benzene rings is 3. The highest BCUT2D eigenvalue weighted by atomic mass is 79.9. The summed E-state index contributed by atoms with van der Waals surface area (Å²) in [6.45, 7) is 0.417. The van der Waals surface area contributed by atoms with Crippen molar-refractivity contribution in [3.05, 3.63) is 99.2 Å². The summed E-state index contributed by atoms with van der Waals surface area (Å²) in [6, 6.07) is 25.2. The van der Waals surface area contributed by atoms with Crippen molar-refractivity contribution in [1.29, 1.82) is 0 Å². The van der Waals surface area contributed by atoms with Crippen LogP contribution in [0.15, 0.2) is 87.8 Å². The van der Waals surface area contributed by atoms with Gasteiger partial charge in [0.15, 0.2) is 5.82 Å². The third kappa shape index (κ3) is 4.63. The van der Waals surface area contributed by atoms with Crippen LogP contribution >= 0.6 is 31.9 Å². The summed E-state index contributed by atoms with van der Waals surface area (Å²) in [5, 5.41) is 7.37. The molecule has 5 nitrogen and oxygen atoms in total. The van der Waals surface area contributed by atoms with E-state index in [1.807, 2.05) is 78.9 Å². The second-order valence-electron chi connectivity index (χ2n) is 6.32.